The van der Waals surface area contributed by atoms with E-state index in [0.717, 1.165) is 18.4 Å². The van der Waals surface area contributed by atoms with Gasteiger partial charge in [0.15, 0.2) is 6.61 Å². The van der Waals surface area contributed by atoms with Gasteiger partial charge in [-0.1, -0.05) is 42.5 Å². The van der Waals surface area contributed by atoms with Crippen molar-refractivity contribution in [1.82, 2.24) is 9.62 Å². The third kappa shape index (κ3) is 7.80. The van der Waals surface area contributed by atoms with Crippen LogP contribution in [0.2, 0.25) is 0 Å². The number of sulfonamides is 1. The highest BCUT2D eigenvalue weighted by molar-refractivity contribution is 7.88. The molecule has 7 heteroatoms. The van der Waals surface area contributed by atoms with E-state index in [1.165, 1.54) is 23.2 Å². The fourth-order valence-electron chi connectivity index (χ4n) is 2.43. The van der Waals surface area contributed by atoms with Crippen LogP contribution in [-0.2, 0) is 27.8 Å². The van der Waals surface area contributed by atoms with Crippen molar-refractivity contribution < 1.29 is 17.9 Å². The quantitative estimate of drug-likeness (QED) is 0.631. The number of carbonyl (C=O) groups excluding carboxylic acids is 1. The number of aryl methyl sites for hydroxylation is 1. The SMILES string of the molecule is CN(Cc1ccc(OCC(=O)NCCCc2ccccc2)cc1)S(C)(=O)=O. The van der Waals surface area contributed by atoms with E-state index in [0.29, 0.717) is 18.8 Å². The Morgan fingerprint density at radius 2 is 1.70 bits per heavy atom. The first kappa shape index (κ1) is 20.9. The van der Waals surface area contributed by atoms with Gasteiger partial charge in [0.1, 0.15) is 5.75 Å². The lowest BCUT2D eigenvalue weighted by Gasteiger charge is -2.14. The van der Waals surface area contributed by atoms with Crippen molar-refractivity contribution in [2.45, 2.75) is 19.4 Å². The molecule has 0 saturated carbocycles. The van der Waals surface area contributed by atoms with Crippen molar-refractivity contribution in [3.63, 3.8) is 0 Å². The van der Waals surface area contributed by atoms with Crippen molar-refractivity contribution >= 4 is 15.9 Å². The molecule has 0 aliphatic carbocycles. The summed E-state index contributed by atoms with van der Waals surface area (Å²) in [6.45, 7) is 0.850. The Labute approximate surface area is 161 Å². The van der Waals surface area contributed by atoms with E-state index in [-0.39, 0.29) is 12.5 Å². The number of ether oxygens (including phenoxy) is 1. The van der Waals surface area contributed by atoms with E-state index >= 15 is 0 Å². The third-order valence-corrected chi connectivity index (χ3v) is 5.33. The molecule has 0 unspecified atom stereocenters. The minimum atomic E-state index is -3.21. The third-order valence-electron chi connectivity index (χ3n) is 4.07. The molecule has 0 bridgehead atoms. The van der Waals surface area contributed by atoms with Crippen molar-refractivity contribution in [3.8, 4) is 5.75 Å². The molecule has 0 saturated heterocycles. The molecule has 2 rings (SSSR count). The van der Waals surface area contributed by atoms with Gasteiger partial charge in [-0.2, -0.15) is 0 Å². The fraction of sp³-hybridized carbons (Fsp3) is 0.350. The van der Waals surface area contributed by atoms with Crippen LogP contribution in [0.1, 0.15) is 17.5 Å². The summed E-state index contributed by atoms with van der Waals surface area (Å²) < 4.78 is 29.6. The Hall–Kier alpha value is -2.38. The first-order chi connectivity index (χ1) is 12.8. The molecule has 1 N–H and O–H groups in total. The maximum absolute atomic E-state index is 11.8. The zero-order chi connectivity index (χ0) is 19.7. The molecule has 0 aromatic heterocycles. The minimum absolute atomic E-state index is 0.0477. The molecule has 0 fully saturated rings. The monoisotopic (exact) mass is 390 g/mol. The number of hydrogen-bond donors (Lipinski definition) is 1. The zero-order valence-corrected chi connectivity index (χ0v) is 16.5. The van der Waals surface area contributed by atoms with Gasteiger partial charge in [-0.3, -0.25) is 4.79 Å². The molecule has 0 atom stereocenters. The molecule has 0 radical (unpaired) electrons. The molecule has 0 spiro atoms. The number of benzene rings is 2. The average Bonchev–Trinajstić information content (AvgIpc) is 2.65. The van der Waals surface area contributed by atoms with Crippen LogP contribution < -0.4 is 10.1 Å². The molecular weight excluding hydrogens is 364 g/mol. The summed E-state index contributed by atoms with van der Waals surface area (Å²) in [5.74, 6) is 0.407. The highest BCUT2D eigenvalue weighted by Gasteiger charge is 2.11. The summed E-state index contributed by atoms with van der Waals surface area (Å²) in [4.78, 5) is 11.8. The van der Waals surface area contributed by atoms with Gasteiger partial charge in [-0.15, -0.1) is 0 Å². The summed E-state index contributed by atoms with van der Waals surface area (Å²) in [5, 5.41) is 2.84. The highest BCUT2D eigenvalue weighted by atomic mass is 32.2. The average molecular weight is 391 g/mol. The number of nitrogens with zero attached hydrogens (tertiary/aromatic N) is 1. The Morgan fingerprint density at radius 3 is 2.33 bits per heavy atom. The molecule has 1 amide bonds. The van der Waals surface area contributed by atoms with Crippen LogP contribution in [0.3, 0.4) is 0 Å². The minimum Gasteiger partial charge on any atom is -0.484 e. The van der Waals surface area contributed by atoms with Crippen molar-refractivity contribution in [2.75, 3.05) is 26.5 Å². The van der Waals surface area contributed by atoms with Crippen molar-refractivity contribution in [2.24, 2.45) is 0 Å². The van der Waals surface area contributed by atoms with Gasteiger partial charge in [0, 0.05) is 20.1 Å². The fourth-order valence-corrected chi connectivity index (χ4v) is 2.81. The number of carbonyl (C=O) groups is 1. The molecule has 146 valence electrons. The lowest BCUT2D eigenvalue weighted by atomic mass is 10.1. The van der Waals surface area contributed by atoms with Gasteiger partial charge in [0.05, 0.1) is 6.26 Å². The molecule has 2 aromatic rings. The van der Waals surface area contributed by atoms with Crippen molar-refractivity contribution in [1.29, 1.82) is 0 Å². The molecule has 0 heterocycles. The normalized spacial score (nSPS) is 11.4. The summed E-state index contributed by atoms with van der Waals surface area (Å²) in [6, 6.07) is 17.2. The molecule has 27 heavy (non-hydrogen) atoms. The first-order valence-electron chi connectivity index (χ1n) is 8.78. The van der Waals surface area contributed by atoms with E-state index in [9.17, 15) is 13.2 Å². The molecule has 0 aliphatic heterocycles. The molecular formula is C20H26N2O4S. The standard InChI is InChI=1S/C20H26N2O4S/c1-22(27(2,24)25)15-18-10-12-19(13-11-18)26-16-20(23)21-14-6-9-17-7-4-3-5-8-17/h3-5,7-8,10-13H,6,9,14-16H2,1-2H3,(H,21,23). The van der Waals surface area contributed by atoms with Gasteiger partial charge in [0.2, 0.25) is 10.0 Å². The number of hydrogen-bond acceptors (Lipinski definition) is 4. The number of rotatable bonds is 10. The second kappa shape index (κ2) is 10.1. The molecule has 2 aromatic carbocycles. The zero-order valence-electron chi connectivity index (χ0n) is 15.7. The van der Waals surface area contributed by atoms with Gasteiger partial charge in [0.25, 0.3) is 5.91 Å². The van der Waals surface area contributed by atoms with Crippen LogP contribution in [0.4, 0.5) is 0 Å². The van der Waals surface area contributed by atoms with Crippen molar-refractivity contribution in [3.05, 3.63) is 65.7 Å². The maximum atomic E-state index is 11.8. The van der Waals surface area contributed by atoms with E-state index < -0.39 is 10.0 Å². The predicted octanol–water partition coefficient (Wildman–Crippen LogP) is 2.21. The highest BCUT2D eigenvalue weighted by Crippen LogP contribution is 2.14. The maximum Gasteiger partial charge on any atom is 0.257 e. The second-order valence-electron chi connectivity index (χ2n) is 6.39. The van der Waals surface area contributed by atoms with E-state index in [2.05, 4.69) is 17.4 Å². The first-order valence-corrected chi connectivity index (χ1v) is 10.6. The summed E-state index contributed by atoms with van der Waals surface area (Å²) in [6.07, 6.45) is 2.96. The Kier molecular flexibility index (Phi) is 7.82. The van der Waals surface area contributed by atoms with Gasteiger partial charge in [-0.25, -0.2) is 12.7 Å². The van der Waals surface area contributed by atoms with Crippen LogP contribution in [0.15, 0.2) is 54.6 Å². The number of amides is 1. The van der Waals surface area contributed by atoms with E-state index in [1.54, 1.807) is 24.3 Å². The predicted molar refractivity (Wildman–Crippen MR) is 106 cm³/mol. The molecule has 0 aliphatic rings. The number of nitrogens with one attached hydrogen (secondary N) is 1. The van der Waals surface area contributed by atoms with Gasteiger partial charge in [-0.05, 0) is 36.1 Å². The van der Waals surface area contributed by atoms with Crippen LogP contribution in [0.5, 0.6) is 5.75 Å². The summed E-state index contributed by atoms with van der Waals surface area (Å²) in [5.41, 5.74) is 2.10. The van der Waals surface area contributed by atoms with Crippen LogP contribution >= 0.6 is 0 Å². The van der Waals surface area contributed by atoms with E-state index in [1.807, 2.05) is 18.2 Å². The topological polar surface area (TPSA) is 75.7 Å². The van der Waals surface area contributed by atoms with Crippen LogP contribution in [0, 0.1) is 0 Å². The van der Waals surface area contributed by atoms with E-state index in [4.69, 9.17) is 4.74 Å². The summed E-state index contributed by atoms with van der Waals surface area (Å²) >= 11 is 0. The second-order valence-corrected chi connectivity index (χ2v) is 8.48. The Morgan fingerprint density at radius 1 is 1.04 bits per heavy atom. The Bertz CT molecular complexity index is 821. The smallest absolute Gasteiger partial charge is 0.257 e. The van der Waals surface area contributed by atoms with Crippen LogP contribution in [-0.4, -0.2) is 45.1 Å². The van der Waals surface area contributed by atoms with Gasteiger partial charge < -0.3 is 10.1 Å². The summed E-state index contributed by atoms with van der Waals surface area (Å²) in [7, 11) is -1.68. The lowest BCUT2D eigenvalue weighted by molar-refractivity contribution is -0.123. The van der Waals surface area contributed by atoms with Crippen LogP contribution in [0.25, 0.3) is 0 Å². The lowest BCUT2D eigenvalue weighted by Crippen LogP contribution is -2.29. The van der Waals surface area contributed by atoms with Gasteiger partial charge >= 0.3 is 0 Å². The largest absolute Gasteiger partial charge is 0.484 e. The Balaban J connectivity index is 1.67. The molecule has 6 nitrogen and oxygen atoms in total.